The van der Waals surface area contributed by atoms with E-state index in [1.54, 1.807) is 12.1 Å². The molecule has 1 aromatic carbocycles. The zero-order chi connectivity index (χ0) is 28.1. The van der Waals surface area contributed by atoms with Crippen molar-refractivity contribution in [3.8, 4) is 5.75 Å². The Balaban J connectivity index is 1.45. The summed E-state index contributed by atoms with van der Waals surface area (Å²) in [6, 6.07) is 5.02. The topological polar surface area (TPSA) is 104 Å². The average molecular weight is 558 g/mol. The van der Waals surface area contributed by atoms with Crippen LogP contribution >= 0.6 is 11.6 Å². The Morgan fingerprint density at radius 1 is 1.10 bits per heavy atom. The number of carbonyl (C=O) groups is 3. The number of hydrogen-bond acceptors (Lipinski definition) is 5. The third-order valence-corrected chi connectivity index (χ3v) is 8.77. The first kappa shape index (κ1) is 29.3. The van der Waals surface area contributed by atoms with Crippen LogP contribution in [0, 0.1) is 17.8 Å². The highest BCUT2D eigenvalue weighted by atomic mass is 35.5. The van der Waals surface area contributed by atoms with E-state index in [1.165, 1.54) is 21.6 Å². The van der Waals surface area contributed by atoms with Crippen LogP contribution < -0.4 is 0 Å². The number of hydrogen-bond donors (Lipinski definition) is 2. The van der Waals surface area contributed by atoms with Gasteiger partial charge >= 0.3 is 5.97 Å². The van der Waals surface area contributed by atoms with Crippen LogP contribution in [0.5, 0.6) is 5.75 Å². The summed E-state index contributed by atoms with van der Waals surface area (Å²) in [6.45, 7) is 5.09. The van der Waals surface area contributed by atoms with Gasteiger partial charge in [-0.3, -0.25) is 19.3 Å². The zero-order valence-electron chi connectivity index (χ0n) is 23.0. The van der Waals surface area contributed by atoms with Gasteiger partial charge in [0.2, 0.25) is 11.8 Å². The summed E-state index contributed by atoms with van der Waals surface area (Å²) in [5.74, 6) is -1.55. The largest absolute Gasteiger partial charge is 0.508 e. The van der Waals surface area contributed by atoms with E-state index in [2.05, 4.69) is 19.9 Å². The predicted molar refractivity (Wildman–Crippen MR) is 150 cm³/mol. The van der Waals surface area contributed by atoms with Gasteiger partial charge in [-0.15, -0.1) is 0 Å². The van der Waals surface area contributed by atoms with E-state index in [0.29, 0.717) is 43.9 Å². The molecule has 4 atom stereocenters. The van der Waals surface area contributed by atoms with E-state index in [4.69, 9.17) is 21.4 Å². The predicted octanol–water partition coefficient (Wildman–Crippen LogP) is 6.38. The fourth-order valence-corrected chi connectivity index (χ4v) is 6.81. The number of rotatable bonds is 13. The molecule has 8 heteroatoms. The van der Waals surface area contributed by atoms with Crippen LogP contribution in [0.2, 0.25) is 5.02 Å². The van der Waals surface area contributed by atoms with Crippen molar-refractivity contribution in [1.82, 2.24) is 4.90 Å². The molecular weight excluding hydrogens is 518 g/mol. The molecule has 2 heterocycles. The maximum Gasteiger partial charge on any atom is 0.303 e. The van der Waals surface area contributed by atoms with Gasteiger partial charge in [0.25, 0.3) is 0 Å². The molecule has 0 spiro atoms. The molecule has 4 rings (SSSR count). The summed E-state index contributed by atoms with van der Waals surface area (Å²) >= 11 is 6.36. The lowest BCUT2D eigenvalue weighted by atomic mass is 9.69. The summed E-state index contributed by atoms with van der Waals surface area (Å²) in [6.07, 6.45) is 9.07. The number of fused-ring (bicyclic) bond motifs is 3. The molecule has 1 aliphatic carbocycles. The van der Waals surface area contributed by atoms with Gasteiger partial charge in [0.15, 0.2) is 0 Å². The van der Waals surface area contributed by atoms with E-state index >= 15 is 0 Å². The minimum absolute atomic E-state index is 0.0534. The first-order valence-corrected chi connectivity index (χ1v) is 14.7. The second kappa shape index (κ2) is 13.1. The van der Waals surface area contributed by atoms with Crippen LogP contribution in [0.4, 0.5) is 0 Å². The molecule has 0 aromatic heterocycles. The molecule has 1 aromatic rings. The van der Waals surface area contributed by atoms with E-state index in [-0.39, 0.29) is 47.8 Å². The summed E-state index contributed by atoms with van der Waals surface area (Å²) in [7, 11) is 0. The molecule has 0 radical (unpaired) electrons. The smallest absolute Gasteiger partial charge is 0.303 e. The maximum absolute atomic E-state index is 13.5. The summed E-state index contributed by atoms with van der Waals surface area (Å²) in [4.78, 5) is 38.9. The van der Waals surface area contributed by atoms with Crippen molar-refractivity contribution in [2.75, 3.05) is 13.2 Å². The standard InChI is InChI=1S/C31H40ClNO6/c1-3-8-19(15-21-11-12-22(34)17-25(21)32)10-13-26-28-20(4-2)16-23-29(24(28)18-39-26)31(38)33(30(23)37)14-7-5-6-9-27(35)36/h11-12,15,17,23-24,26,29,34H,3-10,13-14,16,18H2,1-2H3,(H,35,36)/b19-15+/t23-,24+,26-,29-/m1/s1. The summed E-state index contributed by atoms with van der Waals surface area (Å²) < 4.78 is 6.33. The quantitative estimate of drug-likeness (QED) is 0.166. The molecule has 0 unspecified atom stereocenters. The first-order chi connectivity index (χ1) is 18.7. The van der Waals surface area contributed by atoms with Gasteiger partial charge < -0.3 is 14.9 Å². The molecule has 2 amide bonds. The number of likely N-dealkylation sites (tertiary alicyclic amines) is 1. The number of benzene rings is 1. The van der Waals surface area contributed by atoms with Crippen LogP contribution in [-0.4, -0.2) is 52.2 Å². The lowest BCUT2D eigenvalue weighted by molar-refractivity contribution is -0.141. The number of nitrogens with zero attached hydrogens (tertiary/aromatic N) is 1. The SMILES string of the molecule is CCC/C(=C\c1ccc(O)cc1Cl)CC[C@H]1OC[C@H]2C1=C(CC)C[C@H]1C(=O)N(CCCCCC(=O)O)C(=O)[C@H]12. The van der Waals surface area contributed by atoms with Gasteiger partial charge in [0.05, 0.1) is 29.6 Å². The third-order valence-electron chi connectivity index (χ3n) is 8.44. The lowest BCUT2D eigenvalue weighted by Crippen LogP contribution is -2.34. The number of aromatic hydroxyl groups is 1. The molecule has 2 fully saturated rings. The molecule has 2 saturated heterocycles. The highest BCUT2D eigenvalue weighted by molar-refractivity contribution is 6.32. The van der Waals surface area contributed by atoms with E-state index in [9.17, 15) is 19.5 Å². The highest BCUT2D eigenvalue weighted by Crippen LogP contribution is 2.50. The maximum atomic E-state index is 13.5. The van der Waals surface area contributed by atoms with Crippen molar-refractivity contribution in [2.45, 2.75) is 84.2 Å². The van der Waals surface area contributed by atoms with Gasteiger partial charge in [0, 0.05) is 18.9 Å². The average Bonchev–Trinajstić information content (AvgIpc) is 3.42. The number of carboxylic acids is 1. The fraction of sp³-hybridized carbons (Fsp3) is 0.581. The van der Waals surface area contributed by atoms with Crippen LogP contribution in [0.25, 0.3) is 6.08 Å². The second-order valence-electron chi connectivity index (χ2n) is 11.0. The number of allylic oxidation sites excluding steroid dienone is 2. The van der Waals surface area contributed by atoms with Crippen molar-refractivity contribution in [2.24, 2.45) is 17.8 Å². The van der Waals surface area contributed by atoms with Crippen LogP contribution in [0.3, 0.4) is 0 Å². The lowest BCUT2D eigenvalue weighted by Gasteiger charge is -2.31. The van der Waals surface area contributed by atoms with E-state index < -0.39 is 5.97 Å². The number of amides is 2. The van der Waals surface area contributed by atoms with Crippen molar-refractivity contribution in [1.29, 1.82) is 0 Å². The van der Waals surface area contributed by atoms with Crippen LogP contribution in [-0.2, 0) is 19.1 Å². The Morgan fingerprint density at radius 3 is 2.59 bits per heavy atom. The van der Waals surface area contributed by atoms with Gasteiger partial charge in [0.1, 0.15) is 5.75 Å². The van der Waals surface area contributed by atoms with Crippen LogP contribution in [0.15, 0.2) is 34.9 Å². The molecule has 3 aliphatic rings. The van der Waals surface area contributed by atoms with Gasteiger partial charge in [-0.25, -0.2) is 0 Å². The number of carboxylic acid groups (broad SMARTS) is 1. The molecule has 39 heavy (non-hydrogen) atoms. The van der Waals surface area contributed by atoms with E-state index in [1.807, 2.05) is 6.07 Å². The molecule has 2 aliphatic heterocycles. The monoisotopic (exact) mass is 557 g/mol. The number of imide groups is 1. The van der Waals surface area contributed by atoms with E-state index in [0.717, 1.165) is 37.7 Å². The van der Waals surface area contributed by atoms with Crippen molar-refractivity contribution < 1.29 is 29.3 Å². The fourth-order valence-electron chi connectivity index (χ4n) is 6.58. The minimum atomic E-state index is -0.822. The molecule has 0 saturated carbocycles. The third kappa shape index (κ3) is 6.58. The molecular formula is C31H40ClNO6. The number of carbonyl (C=O) groups excluding carboxylic acids is 2. The first-order valence-electron chi connectivity index (χ1n) is 14.3. The number of unbranched alkanes of at least 4 members (excludes halogenated alkanes) is 2. The van der Waals surface area contributed by atoms with Crippen molar-refractivity contribution >= 4 is 35.5 Å². The number of ether oxygens (including phenoxy) is 1. The Labute approximate surface area is 235 Å². The van der Waals surface area contributed by atoms with Gasteiger partial charge in [-0.05, 0) is 74.3 Å². The number of phenolic OH excluding ortho intramolecular Hbond substituents is 1. The number of halogens is 1. The molecule has 0 bridgehead atoms. The Hall–Kier alpha value is -2.64. The van der Waals surface area contributed by atoms with Crippen molar-refractivity contribution in [3.63, 3.8) is 0 Å². The Kier molecular flexibility index (Phi) is 9.89. The normalized spacial score (nSPS) is 24.9. The molecule has 212 valence electrons. The second-order valence-corrected chi connectivity index (χ2v) is 11.4. The zero-order valence-corrected chi connectivity index (χ0v) is 23.7. The minimum Gasteiger partial charge on any atom is -0.508 e. The Morgan fingerprint density at radius 2 is 1.90 bits per heavy atom. The molecule has 2 N–H and O–H groups in total. The summed E-state index contributed by atoms with van der Waals surface area (Å²) in [5.41, 5.74) is 4.65. The summed E-state index contributed by atoms with van der Waals surface area (Å²) in [5, 5.41) is 19.0. The van der Waals surface area contributed by atoms with Gasteiger partial charge in [-0.2, -0.15) is 0 Å². The van der Waals surface area contributed by atoms with Gasteiger partial charge in [-0.1, -0.05) is 55.5 Å². The van der Waals surface area contributed by atoms with Crippen molar-refractivity contribution in [3.05, 3.63) is 45.5 Å². The number of aliphatic carboxylic acids is 1. The Bertz CT molecular complexity index is 1160. The number of phenols is 1. The molecule has 7 nitrogen and oxygen atoms in total. The highest BCUT2D eigenvalue weighted by Gasteiger charge is 2.56. The van der Waals surface area contributed by atoms with Crippen LogP contribution in [0.1, 0.15) is 83.6 Å².